The molecular formula is C33H48N2O. The third kappa shape index (κ3) is 7.00. The van der Waals surface area contributed by atoms with E-state index >= 15 is 0 Å². The van der Waals surface area contributed by atoms with Crippen LogP contribution in [0.1, 0.15) is 104 Å². The van der Waals surface area contributed by atoms with Crippen LogP contribution in [-0.4, -0.2) is 15.8 Å². The summed E-state index contributed by atoms with van der Waals surface area (Å²) in [5, 5.41) is 2.30. The monoisotopic (exact) mass is 488 g/mol. The van der Waals surface area contributed by atoms with Crippen molar-refractivity contribution in [1.82, 2.24) is 9.97 Å². The predicted molar refractivity (Wildman–Crippen MR) is 160 cm³/mol. The highest BCUT2D eigenvalue weighted by molar-refractivity contribution is 5.99. The second-order valence-electron chi connectivity index (χ2n) is 8.19. The summed E-state index contributed by atoms with van der Waals surface area (Å²) in [5.74, 6) is 0.0933. The van der Waals surface area contributed by atoms with Crippen LogP contribution in [0.25, 0.3) is 21.8 Å². The van der Waals surface area contributed by atoms with Gasteiger partial charge in [-0.05, 0) is 23.3 Å². The molecule has 196 valence electrons. The zero-order valence-corrected chi connectivity index (χ0v) is 23.9. The van der Waals surface area contributed by atoms with E-state index in [4.69, 9.17) is 0 Å². The number of carbonyl (C=O) groups excluding carboxylic acids is 1. The molecule has 2 aromatic heterocycles. The van der Waals surface area contributed by atoms with Gasteiger partial charge in [-0.1, -0.05) is 123 Å². The quantitative estimate of drug-likeness (QED) is 0.276. The fourth-order valence-corrected chi connectivity index (χ4v) is 4.67. The van der Waals surface area contributed by atoms with Gasteiger partial charge in [0, 0.05) is 46.5 Å². The highest BCUT2D eigenvalue weighted by Gasteiger charge is 2.41. The standard InChI is InChI=1S/C22H18N2O.C5H12.3C2H6/c1-13-10-20(25)22(17-12-24-19-9-5-3-7-15(17)19)21(13)16-11-23-18-8-4-2-6-14(16)18;1-3-5-4-2;3*1-2/h2-9,11-12,21-24H,1,10H2;3-5H2,1-2H3;3*1-2H3. The van der Waals surface area contributed by atoms with Gasteiger partial charge < -0.3 is 9.97 Å². The number of aromatic nitrogens is 2. The van der Waals surface area contributed by atoms with E-state index in [1.807, 2.05) is 84.3 Å². The number of hydrogen-bond donors (Lipinski definition) is 2. The van der Waals surface area contributed by atoms with Gasteiger partial charge in [0.2, 0.25) is 0 Å². The van der Waals surface area contributed by atoms with Gasteiger partial charge in [-0.15, -0.1) is 0 Å². The summed E-state index contributed by atoms with van der Waals surface area (Å²) in [6.07, 6.45) is 8.57. The Bertz CT molecular complexity index is 1090. The van der Waals surface area contributed by atoms with Crippen LogP contribution in [0.2, 0.25) is 0 Å². The SMILES string of the molecule is C=C1CC(=O)C(c2c[nH]c3ccccc23)C1c1c[nH]c2ccccc12.CC.CC.CC.CCCCC. The molecule has 1 aliphatic carbocycles. The summed E-state index contributed by atoms with van der Waals surface area (Å²) < 4.78 is 0. The smallest absolute Gasteiger partial charge is 0.145 e. The normalized spacial score (nSPS) is 16.1. The van der Waals surface area contributed by atoms with E-state index in [1.54, 1.807) is 0 Å². The zero-order valence-electron chi connectivity index (χ0n) is 23.9. The van der Waals surface area contributed by atoms with E-state index in [-0.39, 0.29) is 17.6 Å². The number of rotatable bonds is 4. The minimum Gasteiger partial charge on any atom is -0.361 e. The third-order valence-electron chi connectivity index (χ3n) is 6.14. The largest absolute Gasteiger partial charge is 0.361 e. The molecule has 2 N–H and O–H groups in total. The van der Waals surface area contributed by atoms with Crippen molar-refractivity contribution >= 4 is 27.6 Å². The minimum atomic E-state index is -0.178. The number of hydrogen-bond acceptors (Lipinski definition) is 1. The number of fused-ring (bicyclic) bond motifs is 2. The first kappa shape index (κ1) is 31.0. The molecule has 2 heterocycles. The van der Waals surface area contributed by atoms with Gasteiger partial charge in [0.15, 0.2) is 0 Å². The highest BCUT2D eigenvalue weighted by atomic mass is 16.1. The average Bonchev–Trinajstić information content (AvgIpc) is 3.63. The van der Waals surface area contributed by atoms with Crippen LogP contribution in [-0.2, 0) is 4.79 Å². The molecule has 2 atom stereocenters. The number of ketones is 1. The Balaban J connectivity index is 0.000000514. The molecule has 0 aliphatic heterocycles. The maximum Gasteiger partial charge on any atom is 0.145 e. The molecule has 1 aliphatic rings. The molecule has 1 saturated carbocycles. The van der Waals surface area contributed by atoms with Crippen LogP contribution in [0.3, 0.4) is 0 Å². The Kier molecular flexibility index (Phi) is 14.3. The van der Waals surface area contributed by atoms with Crippen LogP contribution >= 0.6 is 0 Å². The Labute approximate surface area is 219 Å². The molecule has 0 spiro atoms. The van der Waals surface area contributed by atoms with Crippen LogP contribution in [0.4, 0.5) is 0 Å². The number of aromatic amines is 2. The first-order chi connectivity index (χ1) is 17.7. The van der Waals surface area contributed by atoms with Crippen LogP contribution < -0.4 is 0 Å². The van der Waals surface area contributed by atoms with Gasteiger partial charge in [0.1, 0.15) is 5.78 Å². The summed E-state index contributed by atoms with van der Waals surface area (Å²) in [7, 11) is 0. The topological polar surface area (TPSA) is 48.6 Å². The maximum absolute atomic E-state index is 12.9. The lowest BCUT2D eigenvalue weighted by Gasteiger charge is -2.19. The third-order valence-corrected chi connectivity index (χ3v) is 6.14. The van der Waals surface area contributed by atoms with Gasteiger partial charge in [-0.3, -0.25) is 4.79 Å². The fourth-order valence-electron chi connectivity index (χ4n) is 4.67. The van der Waals surface area contributed by atoms with Crippen LogP contribution in [0.15, 0.2) is 73.1 Å². The van der Waals surface area contributed by atoms with Gasteiger partial charge in [-0.2, -0.15) is 0 Å². The summed E-state index contributed by atoms with van der Waals surface area (Å²) in [6, 6.07) is 16.4. The molecule has 0 radical (unpaired) electrons. The molecule has 3 nitrogen and oxygen atoms in total. The van der Waals surface area contributed by atoms with Crippen molar-refractivity contribution in [3.8, 4) is 0 Å². The summed E-state index contributed by atoms with van der Waals surface area (Å²) >= 11 is 0. The second-order valence-corrected chi connectivity index (χ2v) is 8.19. The Hall–Kier alpha value is -3.07. The van der Waals surface area contributed by atoms with Crippen molar-refractivity contribution < 1.29 is 4.79 Å². The number of unbranched alkanes of at least 4 members (excludes halogenated alkanes) is 2. The summed E-state index contributed by atoms with van der Waals surface area (Å²) in [5.41, 5.74) is 5.42. The maximum atomic E-state index is 12.9. The minimum absolute atomic E-state index is 0.0165. The van der Waals surface area contributed by atoms with Crippen molar-refractivity contribution in [1.29, 1.82) is 0 Å². The van der Waals surface area contributed by atoms with Crippen molar-refractivity contribution in [3.63, 3.8) is 0 Å². The number of H-pyrrole nitrogens is 2. The van der Waals surface area contributed by atoms with Crippen LogP contribution in [0.5, 0.6) is 0 Å². The van der Waals surface area contributed by atoms with E-state index in [1.165, 1.54) is 30.2 Å². The lowest BCUT2D eigenvalue weighted by atomic mass is 9.82. The van der Waals surface area contributed by atoms with Crippen molar-refractivity contribution in [2.24, 2.45) is 0 Å². The number of para-hydroxylation sites is 2. The lowest BCUT2D eigenvalue weighted by Crippen LogP contribution is -2.11. The highest BCUT2D eigenvalue weighted by Crippen LogP contribution is 2.49. The Morgan fingerprint density at radius 3 is 1.56 bits per heavy atom. The average molecular weight is 489 g/mol. The molecule has 4 aromatic rings. The number of benzene rings is 2. The summed E-state index contributed by atoms with van der Waals surface area (Å²) in [4.78, 5) is 19.5. The molecule has 2 unspecified atom stereocenters. The summed E-state index contributed by atoms with van der Waals surface area (Å²) in [6.45, 7) is 20.7. The van der Waals surface area contributed by atoms with Gasteiger partial charge in [-0.25, -0.2) is 0 Å². The van der Waals surface area contributed by atoms with Crippen LogP contribution in [0, 0.1) is 0 Å². The van der Waals surface area contributed by atoms with E-state index in [0.717, 1.165) is 27.6 Å². The molecule has 0 bridgehead atoms. The molecule has 3 heteroatoms. The van der Waals surface area contributed by atoms with E-state index in [9.17, 15) is 4.79 Å². The van der Waals surface area contributed by atoms with Crippen molar-refractivity contribution in [3.05, 3.63) is 84.2 Å². The zero-order chi connectivity index (χ0) is 27.1. The molecule has 0 amide bonds. The lowest BCUT2D eigenvalue weighted by molar-refractivity contribution is -0.118. The first-order valence-corrected chi connectivity index (χ1v) is 14.0. The molecule has 0 saturated heterocycles. The van der Waals surface area contributed by atoms with E-state index in [2.05, 4.69) is 48.6 Å². The molecular weight excluding hydrogens is 440 g/mol. The first-order valence-electron chi connectivity index (χ1n) is 14.0. The van der Waals surface area contributed by atoms with Gasteiger partial charge >= 0.3 is 0 Å². The number of carbonyl (C=O) groups is 1. The number of allylic oxidation sites excluding steroid dienone is 1. The van der Waals surface area contributed by atoms with E-state index in [0.29, 0.717) is 6.42 Å². The molecule has 1 fully saturated rings. The molecule has 5 rings (SSSR count). The van der Waals surface area contributed by atoms with Crippen molar-refractivity contribution in [2.75, 3.05) is 0 Å². The van der Waals surface area contributed by atoms with E-state index < -0.39 is 0 Å². The number of Topliss-reactive ketones (excluding diaryl/α,β-unsaturated/α-hetero) is 1. The fraction of sp³-hybridized carbons (Fsp3) is 0.424. The molecule has 2 aromatic carbocycles. The van der Waals surface area contributed by atoms with Crippen molar-refractivity contribution in [2.45, 2.75) is 92.9 Å². The van der Waals surface area contributed by atoms with Gasteiger partial charge in [0.25, 0.3) is 0 Å². The predicted octanol–water partition coefficient (Wildman–Crippen LogP) is 10.3. The molecule has 36 heavy (non-hydrogen) atoms. The Morgan fingerprint density at radius 1 is 0.722 bits per heavy atom. The number of nitrogens with one attached hydrogen (secondary N) is 2. The Morgan fingerprint density at radius 2 is 1.14 bits per heavy atom. The second kappa shape index (κ2) is 16.6. The van der Waals surface area contributed by atoms with Gasteiger partial charge in [0.05, 0.1) is 5.92 Å².